The van der Waals surface area contributed by atoms with E-state index < -0.39 is 17.3 Å². The lowest BCUT2D eigenvalue weighted by Crippen LogP contribution is -2.62. The largest absolute Gasteiger partial charge is 0.376 e. The maximum atomic E-state index is 15.1. The minimum absolute atomic E-state index is 0.0195. The fourth-order valence-corrected chi connectivity index (χ4v) is 11.0. The normalized spacial score (nSPS) is 16.7. The average Bonchev–Trinajstić information content (AvgIpc) is 3.63. The number of aromatic amines is 1. The van der Waals surface area contributed by atoms with Gasteiger partial charge in [0.25, 0.3) is 17.4 Å². The third-order valence-electron chi connectivity index (χ3n) is 15.5. The molecule has 2 aromatic heterocycles. The number of carbonyl (C=O) groups excluding carboxylic acids is 3. The molecule has 0 saturated carbocycles. The Hall–Kier alpha value is -7.37. The molecule has 6 heterocycles. The fourth-order valence-electron chi connectivity index (χ4n) is 11.0. The van der Waals surface area contributed by atoms with E-state index in [-0.39, 0.29) is 22.9 Å². The number of hydrogen-bond donors (Lipinski definition) is 3. The minimum Gasteiger partial charge on any atom is -0.376 e. The Morgan fingerprint density at radius 2 is 1.51 bits per heavy atom. The van der Waals surface area contributed by atoms with Gasteiger partial charge in [-0.2, -0.15) is 5.10 Å². The van der Waals surface area contributed by atoms with Crippen LogP contribution < -0.4 is 16.2 Å². The van der Waals surface area contributed by atoms with Crippen molar-refractivity contribution < 1.29 is 23.5 Å². The van der Waals surface area contributed by atoms with Crippen molar-refractivity contribution in [1.29, 1.82) is 0 Å². The third-order valence-corrected chi connectivity index (χ3v) is 15.5. The number of piperazine rings is 2. The molecule has 442 valence electrons. The summed E-state index contributed by atoms with van der Waals surface area (Å²) in [7, 11) is 0. The molecule has 5 aromatic rings. The van der Waals surface area contributed by atoms with E-state index in [9.17, 15) is 19.2 Å². The number of likely N-dealkylation sites (tertiary alicyclic amines) is 1. The summed E-state index contributed by atoms with van der Waals surface area (Å²) >= 11 is 0. The number of aromatic nitrogens is 3. The number of fused-ring (bicyclic) bond motifs is 1. The zero-order valence-electron chi connectivity index (χ0n) is 50.1. The Labute approximate surface area is 491 Å². The molecule has 4 aliphatic heterocycles. The number of pyridine rings is 1. The first-order chi connectivity index (χ1) is 40.1. The van der Waals surface area contributed by atoms with Gasteiger partial charge in [0.1, 0.15) is 5.82 Å². The van der Waals surface area contributed by atoms with E-state index >= 15 is 4.39 Å². The lowest BCUT2D eigenvalue weighted by Gasteiger charge is -2.43. The highest BCUT2D eigenvalue weighted by Crippen LogP contribution is 2.31. The zero-order chi connectivity index (χ0) is 59.5. The summed E-state index contributed by atoms with van der Waals surface area (Å²) in [6.45, 7) is 31.3. The predicted octanol–water partition coefficient (Wildman–Crippen LogP) is 9.75. The lowest BCUT2D eigenvalue weighted by atomic mass is 9.95. The molecule has 4 fully saturated rings. The number of benzene rings is 3. The summed E-state index contributed by atoms with van der Waals surface area (Å²) in [5.41, 5.74) is 8.43. The Kier molecular flexibility index (Phi) is 23.5. The van der Waals surface area contributed by atoms with Gasteiger partial charge in [0.2, 0.25) is 5.91 Å². The van der Waals surface area contributed by atoms with Gasteiger partial charge in [0.15, 0.2) is 5.69 Å². The van der Waals surface area contributed by atoms with Gasteiger partial charge in [-0.05, 0) is 112 Å². The quantitative estimate of drug-likeness (QED) is 0.0676. The smallest absolute Gasteiger partial charge is 0.274 e. The molecule has 16 heteroatoms. The van der Waals surface area contributed by atoms with E-state index in [0.717, 1.165) is 74.3 Å². The number of H-pyrrole nitrogens is 1. The van der Waals surface area contributed by atoms with Crippen molar-refractivity contribution in [2.45, 2.75) is 79.7 Å². The fraction of sp³-hybridized carbons (Fsp3) is 0.433. The highest BCUT2D eigenvalue weighted by Gasteiger charge is 2.40. The maximum absolute atomic E-state index is 15.1. The SMILES string of the molecule is C=C(C)/C=C(\C=C/C)CNCC1(Nc2cc(-c3cccc(CC)c3)cnc2C(=O)N2CCN(CC3CCN(CC(=O)N4CCN(C(=O)c5cc(Cc6n[nH]c(=O)c7ccccc67)ccc5F)CC4)CC3)CC2)COC1.C=CC=C(C)C.CC. The Morgan fingerprint density at radius 1 is 0.819 bits per heavy atom. The summed E-state index contributed by atoms with van der Waals surface area (Å²) in [4.78, 5) is 68.9. The number of anilines is 1. The molecule has 3 amide bonds. The van der Waals surface area contributed by atoms with Crippen LogP contribution in [0.1, 0.15) is 99.0 Å². The molecule has 0 spiro atoms. The number of ether oxygens (including phenoxy) is 1. The van der Waals surface area contributed by atoms with Gasteiger partial charge in [-0.15, -0.1) is 0 Å². The third kappa shape index (κ3) is 17.4. The van der Waals surface area contributed by atoms with Gasteiger partial charge in [0, 0.05) is 95.6 Å². The van der Waals surface area contributed by atoms with E-state index in [1.807, 2.05) is 81.8 Å². The van der Waals surface area contributed by atoms with Crippen LogP contribution in [0.25, 0.3) is 21.9 Å². The second-order valence-electron chi connectivity index (χ2n) is 22.2. The van der Waals surface area contributed by atoms with Gasteiger partial charge in [-0.25, -0.2) is 14.5 Å². The monoisotopic (exact) mass is 1130 g/mol. The first-order valence-electron chi connectivity index (χ1n) is 29.6. The van der Waals surface area contributed by atoms with Crippen LogP contribution in [-0.2, 0) is 22.4 Å². The molecule has 83 heavy (non-hydrogen) atoms. The van der Waals surface area contributed by atoms with Crippen molar-refractivity contribution in [2.24, 2.45) is 5.92 Å². The van der Waals surface area contributed by atoms with Crippen LogP contribution in [0, 0.1) is 11.7 Å². The topological polar surface area (TPSA) is 159 Å². The van der Waals surface area contributed by atoms with E-state index in [1.165, 1.54) is 17.2 Å². The van der Waals surface area contributed by atoms with Gasteiger partial charge >= 0.3 is 0 Å². The molecule has 0 bridgehead atoms. The minimum atomic E-state index is -0.603. The van der Waals surface area contributed by atoms with Crippen molar-refractivity contribution in [2.75, 3.05) is 110 Å². The highest BCUT2D eigenvalue weighted by molar-refractivity contribution is 5.99. The van der Waals surface area contributed by atoms with Crippen molar-refractivity contribution in [3.63, 3.8) is 0 Å². The second kappa shape index (κ2) is 30.8. The number of aryl methyl sites for hydroxylation is 1. The molecular weight excluding hydrogens is 1040 g/mol. The Balaban J connectivity index is 0.00000116. The standard InChI is InChI=1S/C59H71FN10O5.C6H10.C2H6/c1-5-10-45(29-41(3)4)34-61-38-59(39-75-40-59)63-53-33-47(46-12-9-11-42(6-2)30-46)35-62-55(53)58(74)70-23-21-67(22-24-70)36-43-17-19-66(20-18-43)37-54(71)68-25-27-69(28-26-68)57(73)50-31-44(15-16-51(50)60)32-52-48-13-7-8-14-49(48)56(72)65-64-52;1-4-5-6(2)3;1-2/h5,7-16,29-31,33,35,43,61,63H,3,6,17-28,32,34,36-40H2,1-2,4H3,(H,65,72);4-5H,1H2,2-3H3;1-2H3/b10-5-,45-29+;;. The molecular formula is C67H87FN10O5. The van der Waals surface area contributed by atoms with Gasteiger partial charge in [-0.1, -0.05) is 124 Å². The molecule has 15 nitrogen and oxygen atoms in total. The van der Waals surface area contributed by atoms with Crippen LogP contribution in [0.2, 0.25) is 0 Å². The first kappa shape index (κ1) is 63.2. The number of hydrogen-bond acceptors (Lipinski definition) is 11. The Morgan fingerprint density at radius 3 is 2.14 bits per heavy atom. The molecule has 3 N–H and O–H groups in total. The predicted molar refractivity (Wildman–Crippen MR) is 333 cm³/mol. The molecule has 0 unspecified atom stereocenters. The second-order valence-corrected chi connectivity index (χ2v) is 22.2. The number of nitrogens with one attached hydrogen (secondary N) is 3. The van der Waals surface area contributed by atoms with E-state index in [0.29, 0.717) is 118 Å². The summed E-state index contributed by atoms with van der Waals surface area (Å²) < 4.78 is 20.9. The lowest BCUT2D eigenvalue weighted by molar-refractivity contribution is -0.134. The summed E-state index contributed by atoms with van der Waals surface area (Å²) in [6, 6.07) is 22.2. The maximum Gasteiger partial charge on any atom is 0.274 e. The molecule has 0 atom stereocenters. The van der Waals surface area contributed by atoms with Crippen molar-refractivity contribution in [1.82, 2.24) is 45.0 Å². The molecule has 9 rings (SSSR count). The van der Waals surface area contributed by atoms with Crippen molar-refractivity contribution in [3.05, 3.63) is 183 Å². The molecule has 4 saturated heterocycles. The summed E-state index contributed by atoms with van der Waals surface area (Å²) in [5.74, 6) is -0.550. The van der Waals surface area contributed by atoms with Crippen LogP contribution >= 0.6 is 0 Å². The molecule has 4 aliphatic rings. The summed E-state index contributed by atoms with van der Waals surface area (Å²) in [6.07, 6.45) is 15.0. The average molecular weight is 1130 g/mol. The van der Waals surface area contributed by atoms with Crippen LogP contribution in [0.5, 0.6) is 0 Å². The highest BCUT2D eigenvalue weighted by atomic mass is 19.1. The number of carbonyl (C=O) groups is 3. The number of halogens is 1. The number of nitrogens with zero attached hydrogens (tertiary/aromatic N) is 7. The van der Waals surface area contributed by atoms with E-state index in [4.69, 9.17) is 9.72 Å². The van der Waals surface area contributed by atoms with Gasteiger partial charge < -0.3 is 30.1 Å². The number of allylic oxidation sites excluding steroid dienone is 6. The van der Waals surface area contributed by atoms with Crippen molar-refractivity contribution in [3.8, 4) is 11.1 Å². The van der Waals surface area contributed by atoms with Crippen LogP contribution in [0.4, 0.5) is 10.1 Å². The van der Waals surface area contributed by atoms with Crippen molar-refractivity contribution >= 4 is 34.2 Å². The zero-order valence-corrected chi connectivity index (χ0v) is 50.1. The molecule has 3 aromatic carbocycles. The van der Waals surface area contributed by atoms with Crippen LogP contribution in [0.3, 0.4) is 0 Å². The number of rotatable bonds is 19. The van der Waals surface area contributed by atoms with E-state index in [2.05, 4.69) is 93.2 Å². The summed E-state index contributed by atoms with van der Waals surface area (Å²) in [5, 5.41) is 15.4. The number of amides is 3. The number of piperidine rings is 1. The molecule has 0 radical (unpaired) electrons. The van der Waals surface area contributed by atoms with Crippen LogP contribution in [-0.4, -0.2) is 168 Å². The Bertz CT molecular complexity index is 3190. The van der Waals surface area contributed by atoms with Crippen LogP contribution in [0.15, 0.2) is 144 Å². The van der Waals surface area contributed by atoms with E-state index in [1.54, 1.807) is 35.2 Å². The molecule has 0 aliphatic carbocycles. The van der Waals surface area contributed by atoms with Gasteiger partial charge in [0.05, 0.1) is 47.6 Å². The first-order valence-corrected chi connectivity index (χ1v) is 29.6. The van der Waals surface area contributed by atoms with Gasteiger partial charge in [-0.3, -0.25) is 29.0 Å².